The predicted octanol–water partition coefficient (Wildman–Crippen LogP) is 5.78. The number of carbonyl (C=O) groups is 3. The molecule has 12 nitrogen and oxygen atoms in total. The van der Waals surface area contributed by atoms with Crippen molar-refractivity contribution in [3.63, 3.8) is 0 Å². The number of hydrogen-bond acceptors (Lipinski definition) is 10. The maximum atomic E-state index is 16.2. The van der Waals surface area contributed by atoms with E-state index in [9.17, 15) is 9.59 Å². The number of benzene rings is 2. The molecule has 55 heavy (non-hydrogen) atoms. The number of carbonyl (C=O) groups excluding carboxylic acids is 3. The smallest absolute Gasteiger partial charge is 0.312 e. The molecule has 2 unspecified atom stereocenters. The minimum atomic E-state index is -1.13. The summed E-state index contributed by atoms with van der Waals surface area (Å²) in [6.45, 7) is 3.30. The Bertz CT molecular complexity index is 1870. The third-order valence-corrected chi connectivity index (χ3v) is 13.0. The lowest BCUT2D eigenvalue weighted by Gasteiger charge is -2.45. The quantitative estimate of drug-likeness (QED) is 0.212. The fourth-order valence-corrected chi connectivity index (χ4v) is 9.45. The number of amides is 2. The van der Waals surface area contributed by atoms with E-state index in [-0.39, 0.29) is 54.3 Å². The van der Waals surface area contributed by atoms with Crippen LogP contribution in [-0.4, -0.2) is 79.6 Å². The van der Waals surface area contributed by atoms with Crippen LogP contribution in [0.15, 0.2) is 35.7 Å². The molecule has 4 N–H and O–H groups in total. The first-order valence-electron chi connectivity index (χ1n) is 19.5. The minimum absolute atomic E-state index is 0.0105. The van der Waals surface area contributed by atoms with Gasteiger partial charge in [0, 0.05) is 54.8 Å². The molecule has 1 spiro atoms. The normalized spacial score (nSPS) is 25.4. The second-order valence-corrected chi connectivity index (χ2v) is 16.6. The van der Waals surface area contributed by atoms with Crippen molar-refractivity contribution in [3.05, 3.63) is 63.2 Å². The van der Waals surface area contributed by atoms with E-state index in [1.165, 1.54) is 13.2 Å². The summed E-state index contributed by atoms with van der Waals surface area (Å²) < 4.78 is 39.2. The van der Waals surface area contributed by atoms with Gasteiger partial charge in [0.15, 0.2) is 11.6 Å². The van der Waals surface area contributed by atoms with Gasteiger partial charge in [0.25, 0.3) is 0 Å². The number of ether oxygens (including phenoxy) is 4. The van der Waals surface area contributed by atoms with Crippen LogP contribution in [0.1, 0.15) is 93.9 Å². The highest BCUT2D eigenvalue weighted by Gasteiger charge is 2.54. The first kappa shape index (κ1) is 39.0. The molecule has 2 saturated carbocycles. The number of halogens is 2. The number of methoxy groups -OCH3 is 2. The Balaban J connectivity index is 1.20. The van der Waals surface area contributed by atoms with Crippen molar-refractivity contribution in [2.45, 2.75) is 90.2 Å². The largest absolute Gasteiger partial charge is 0.497 e. The molecule has 2 saturated heterocycles. The Hall–Kier alpha value is -4.23. The van der Waals surface area contributed by atoms with Gasteiger partial charge in [0.05, 0.1) is 43.0 Å². The van der Waals surface area contributed by atoms with Gasteiger partial charge in [-0.2, -0.15) is 0 Å². The first-order valence-corrected chi connectivity index (χ1v) is 19.9. The van der Waals surface area contributed by atoms with Crippen molar-refractivity contribution < 1.29 is 37.7 Å². The van der Waals surface area contributed by atoms with Crippen LogP contribution in [-0.2, 0) is 32.1 Å². The van der Waals surface area contributed by atoms with Crippen molar-refractivity contribution in [2.24, 2.45) is 28.3 Å². The molecule has 0 radical (unpaired) electrons. The van der Waals surface area contributed by atoms with Gasteiger partial charge in [0.1, 0.15) is 24.7 Å². The van der Waals surface area contributed by atoms with Crippen molar-refractivity contribution in [1.82, 2.24) is 14.8 Å². The summed E-state index contributed by atoms with van der Waals surface area (Å²) in [5, 5.41) is 1.85. The fraction of sp³-hybridized carbons (Fsp3) is 0.585. The standard InChI is InChI=1S/C41H53ClFN5O7/c1-40(39(51)55-22-25-10-11-26(52-2)18-34(25)53-3)13-6-4-8-28(40)38(50)47-17-12-27-29(42)19-30(43)37(54-23-31(44)32-9-5-7-16-48(32)45)36(27)33(47)21-46-24-41(14-15-41)20-35(46)49/h10-11,18-19,28,33H,4-9,12-17,20-24,44-45H2,1-3H3/b32-31-/t28?,33?,40-/m0/s1. The third-order valence-electron chi connectivity index (χ3n) is 12.7. The highest BCUT2D eigenvalue weighted by atomic mass is 35.5. The zero-order chi connectivity index (χ0) is 39.1. The first-order chi connectivity index (χ1) is 26.4. The molecular formula is C41H53ClFN5O7. The molecule has 14 heteroatoms. The molecule has 5 aliphatic rings. The minimum Gasteiger partial charge on any atom is -0.497 e. The lowest BCUT2D eigenvalue weighted by atomic mass is 9.66. The molecule has 4 fully saturated rings. The van der Waals surface area contributed by atoms with Crippen LogP contribution in [0, 0.1) is 22.6 Å². The summed E-state index contributed by atoms with van der Waals surface area (Å²) in [6, 6.07) is 5.75. The summed E-state index contributed by atoms with van der Waals surface area (Å²) >= 11 is 6.76. The number of nitrogens with zero attached hydrogens (tertiary/aromatic N) is 3. The predicted molar refractivity (Wildman–Crippen MR) is 203 cm³/mol. The second kappa shape index (κ2) is 15.7. The third kappa shape index (κ3) is 7.66. The number of fused-ring (bicyclic) bond motifs is 1. The number of hydrogen-bond donors (Lipinski definition) is 2. The van der Waals surface area contributed by atoms with Gasteiger partial charge in [0.2, 0.25) is 11.8 Å². The molecule has 2 aromatic carbocycles. The maximum absolute atomic E-state index is 16.2. The highest BCUT2D eigenvalue weighted by molar-refractivity contribution is 6.31. The number of nitrogens with two attached hydrogens (primary N) is 2. The molecule has 7 rings (SSSR count). The monoisotopic (exact) mass is 781 g/mol. The van der Waals surface area contributed by atoms with Crippen LogP contribution in [0.5, 0.6) is 17.2 Å². The lowest BCUT2D eigenvalue weighted by Crippen LogP contribution is -2.53. The molecule has 3 heterocycles. The van der Waals surface area contributed by atoms with Crippen LogP contribution in [0.3, 0.4) is 0 Å². The average molecular weight is 782 g/mol. The molecule has 3 atom stereocenters. The summed E-state index contributed by atoms with van der Waals surface area (Å²) in [5.41, 5.74) is 8.27. The van der Waals surface area contributed by atoms with E-state index in [2.05, 4.69) is 0 Å². The van der Waals surface area contributed by atoms with Gasteiger partial charge < -0.3 is 39.5 Å². The van der Waals surface area contributed by atoms with Crippen LogP contribution in [0.4, 0.5) is 4.39 Å². The van der Waals surface area contributed by atoms with Gasteiger partial charge in [-0.05, 0) is 87.5 Å². The van der Waals surface area contributed by atoms with Crippen LogP contribution >= 0.6 is 11.6 Å². The van der Waals surface area contributed by atoms with E-state index in [0.29, 0.717) is 79.1 Å². The molecule has 2 aliphatic carbocycles. The van der Waals surface area contributed by atoms with E-state index >= 15 is 9.18 Å². The summed E-state index contributed by atoms with van der Waals surface area (Å²) in [6.07, 6.45) is 7.77. The molecule has 3 aliphatic heterocycles. The Morgan fingerprint density at radius 3 is 2.55 bits per heavy atom. The molecule has 0 aromatic heterocycles. The van der Waals surface area contributed by atoms with Gasteiger partial charge in [-0.15, -0.1) is 0 Å². The van der Waals surface area contributed by atoms with Crippen molar-refractivity contribution in [2.75, 3.05) is 47.0 Å². The summed E-state index contributed by atoms with van der Waals surface area (Å²) in [7, 11) is 3.10. The zero-order valence-corrected chi connectivity index (χ0v) is 32.9. The Labute approximate surface area is 327 Å². The van der Waals surface area contributed by atoms with Gasteiger partial charge in [-0.1, -0.05) is 24.4 Å². The van der Waals surface area contributed by atoms with Gasteiger partial charge in [-0.25, -0.2) is 10.2 Å². The summed E-state index contributed by atoms with van der Waals surface area (Å²) in [4.78, 5) is 46.2. The van der Waals surface area contributed by atoms with Crippen molar-refractivity contribution in [1.29, 1.82) is 0 Å². The van der Waals surface area contributed by atoms with Gasteiger partial charge in [-0.3, -0.25) is 14.4 Å². The van der Waals surface area contributed by atoms with E-state index in [4.69, 9.17) is 42.1 Å². The van der Waals surface area contributed by atoms with E-state index in [1.54, 1.807) is 40.1 Å². The van der Waals surface area contributed by atoms with Crippen LogP contribution in [0.2, 0.25) is 5.02 Å². The Kier molecular flexibility index (Phi) is 11.2. The maximum Gasteiger partial charge on any atom is 0.312 e. The van der Waals surface area contributed by atoms with Crippen molar-refractivity contribution >= 4 is 29.4 Å². The van der Waals surface area contributed by atoms with Crippen LogP contribution < -0.4 is 25.8 Å². The topological polar surface area (TPSA) is 150 Å². The molecular weight excluding hydrogens is 729 g/mol. The van der Waals surface area contributed by atoms with E-state index in [1.807, 2.05) is 6.92 Å². The number of piperidine rings is 1. The molecule has 298 valence electrons. The Morgan fingerprint density at radius 1 is 1.04 bits per heavy atom. The fourth-order valence-electron chi connectivity index (χ4n) is 9.16. The second-order valence-electron chi connectivity index (χ2n) is 16.2. The van der Waals surface area contributed by atoms with Crippen LogP contribution in [0.25, 0.3) is 0 Å². The number of allylic oxidation sites excluding steroid dienone is 1. The number of likely N-dealkylation sites (tertiary alicyclic amines) is 1. The SMILES string of the molecule is COc1ccc(COC(=O)[C@@]2(C)CCCCC2C(=O)N2CCc3c(Cl)cc(F)c(OC/C(N)=C4\CCCCN4N)c3C2CN2CC3(CC3)CC2=O)c(OC)c1. The Morgan fingerprint density at radius 2 is 1.84 bits per heavy atom. The van der Waals surface area contributed by atoms with E-state index < -0.39 is 29.2 Å². The van der Waals surface area contributed by atoms with Gasteiger partial charge >= 0.3 is 5.97 Å². The number of rotatable bonds is 11. The number of hydrazine groups is 1. The van der Waals surface area contributed by atoms with E-state index in [0.717, 1.165) is 44.2 Å². The number of esters is 1. The molecule has 0 bridgehead atoms. The molecule has 2 amide bonds. The average Bonchev–Trinajstić information content (AvgIpc) is 3.86. The summed E-state index contributed by atoms with van der Waals surface area (Å²) in [5.74, 6) is 5.22. The van der Waals surface area contributed by atoms with Crippen molar-refractivity contribution in [3.8, 4) is 17.2 Å². The lowest BCUT2D eigenvalue weighted by molar-refractivity contribution is -0.169. The molecule has 2 aromatic rings. The highest BCUT2D eigenvalue weighted by Crippen LogP contribution is 2.54. The zero-order valence-electron chi connectivity index (χ0n) is 32.1.